The Kier molecular flexibility index (Phi) is 3.87. The van der Waals surface area contributed by atoms with Gasteiger partial charge in [0.05, 0.1) is 23.8 Å². The summed E-state index contributed by atoms with van der Waals surface area (Å²) in [6, 6.07) is 9.51. The molecule has 0 spiro atoms. The van der Waals surface area contributed by atoms with Crippen LogP contribution in [0, 0.1) is 6.92 Å². The Balaban J connectivity index is 1.61. The SMILES string of the molecule is COc1cccc(CNC(=O)c2cc(C3CC3)nc3onc(C)c23)c1. The first-order valence-electron chi connectivity index (χ1n) is 8.34. The molecule has 1 saturated carbocycles. The number of nitrogens with one attached hydrogen (secondary N) is 1. The molecule has 1 aliphatic carbocycles. The van der Waals surface area contributed by atoms with E-state index < -0.39 is 0 Å². The molecule has 4 rings (SSSR count). The number of nitrogens with zero attached hydrogens (tertiary/aromatic N) is 2. The highest BCUT2D eigenvalue weighted by atomic mass is 16.5. The lowest BCUT2D eigenvalue weighted by Crippen LogP contribution is -2.23. The molecule has 1 aliphatic rings. The van der Waals surface area contributed by atoms with Gasteiger partial charge in [0.2, 0.25) is 0 Å². The average molecular weight is 337 g/mol. The van der Waals surface area contributed by atoms with Crippen molar-refractivity contribution < 1.29 is 14.1 Å². The van der Waals surface area contributed by atoms with Gasteiger partial charge in [-0.05, 0) is 43.5 Å². The van der Waals surface area contributed by atoms with Gasteiger partial charge in [0.1, 0.15) is 5.75 Å². The fraction of sp³-hybridized carbons (Fsp3) is 0.316. The number of hydrogen-bond donors (Lipinski definition) is 1. The number of rotatable bonds is 5. The van der Waals surface area contributed by atoms with E-state index in [-0.39, 0.29) is 5.91 Å². The normalized spacial score (nSPS) is 13.8. The summed E-state index contributed by atoms with van der Waals surface area (Å²) in [5.74, 6) is 1.05. The topological polar surface area (TPSA) is 77.2 Å². The minimum Gasteiger partial charge on any atom is -0.497 e. The third-order valence-corrected chi connectivity index (χ3v) is 4.46. The van der Waals surface area contributed by atoms with Crippen molar-refractivity contribution in [1.82, 2.24) is 15.5 Å². The summed E-state index contributed by atoms with van der Waals surface area (Å²) in [5, 5.41) is 7.62. The van der Waals surface area contributed by atoms with Gasteiger partial charge in [0, 0.05) is 18.2 Å². The van der Waals surface area contributed by atoms with Crippen LogP contribution in [-0.4, -0.2) is 23.2 Å². The zero-order valence-corrected chi connectivity index (χ0v) is 14.2. The molecule has 0 unspecified atom stereocenters. The van der Waals surface area contributed by atoms with Gasteiger partial charge >= 0.3 is 0 Å². The predicted molar refractivity (Wildman–Crippen MR) is 92.7 cm³/mol. The number of aryl methyl sites for hydroxylation is 1. The van der Waals surface area contributed by atoms with Crippen LogP contribution in [0.1, 0.15) is 46.1 Å². The second-order valence-electron chi connectivity index (χ2n) is 6.35. The minimum atomic E-state index is -0.150. The molecule has 0 saturated heterocycles. The van der Waals surface area contributed by atoms with E-state index >= 15 is 0 Å². The first kappa shape index (κ1) is 15.6. The number of amides is 1. The standard InChI is InChI=1S/C19H19N3O3/c1-11-17-15(9-16(13-6-7-13)21-19(17)25-22-11)18(23)20-10-12-4-3-5-14(8-12)24-2/h3-5,8-9,13H,6-7,10H2,1-2H3,(H,20,23). The zero-order valence-electron chi connectivity index (χ0n) is 14.2. The third kappa shape index (κ3) is 3.07. The Morgan fingerprint density at radius 2 is 2.20 bits per heavy atom. The third-order valence-electron chi connectivity index (χ3n) is 4.46. The number of carbonyl (C=O) groups excluding carboxylic acids is 1. The molecule has 0 bridgehead atoms. The number of carbonyl (C=O) groups is 1. The Hall–Kier alpha value is -2.89. The van der Waals surface area contributed by atoms with Gasteiger partial charge in [0.15, 0.2) is 0 Å². The van der Waals surface area contributed by atoms with Crippen LogP contribution >= 0.6 is 0 Å². The summed E-state index contributed by atoms with van der Waals surface area (Å²) in [4.78, 5) is 17.3. The molecule has 1 amide bonds. The molecule has 0 radical (unpaired) electrons. The van der Waals surface area contributed by atoms with Crippen LogP contribution in [0.15, 0.2) is 34.9 Å². The number of methoxy groups -OCH3 is 1. The predicted octanol–water partition coefficient (Wildman–Crippen LogP) is 3.35. The van der Waals surface area contributed by atoms with E-state index in [9.17, 15) is 4.79 Å². The van der Waals surface area contributed by atoms with Gasteiger partial charge in [-0.3, -0.25) is 4.79 Å². The van der Waals surface area contributed by atoms with Crippen molar-refractivity contribution in [2.75, 3.05) is 7.11 Å². The van der Waals surface area contributed by atoms with Gasteiger partial charge < -0.3 is 14.6 Å². The summed E-state index contributed by atoms with van der Waals surface area (Å²) in [6.45, 7) is 2.24. The zero-order chi connectivity index (χ0) is 17.4. The highest BCUT2D eigenvalue weighted by molar-refractivity contribution is 6.06. The van der Waals surface area contributed by atoms with Crippen molar-refractivity contribution in [3.05, 3.63) is 52.8 Å². The molecule has 6 heteroatoms. The fourth-order valence-electron chi connectivity index (χ4n) is 2.94. The van der Waals surface area contributed by atoms with Crippen LogP contribution in [-0.2, 0) is 6.54 Å². The molecule has 2 aromatic heterocycles. The molecule has 3 aromatic rings. The maximum absolute atomic E-state index is 12.8. The second kappa shape index (κ2) is 6.20. The largest absolute Gasteiger partial charge is 0.497 e. The van der Waals surface area contributed by atoms with Gasteiger partial charge in [-0.2, -0.15) is 0 Å². The number of pyridine rings is 1. The van der Waals surface area contributed by atoms with Crippen LogP contribution in [0.4, 0.5) is 0 Å². The Labute approximate surface area is 145 Å². The molecule has 6 nitrogen and oxygen atoms in total. The van der Waals surface area contributed by atoms with E-state index in [0.29, 0.717) is 34.8 Å². The van der Waals surface area contributed by atoms with Gasteiger partial charge in [-0.25, -0.2) is 4.98 Å². The van der Waals surface area contributed by atoms with Crippen molar-refractivity contribution in [2.24, 2.45) is 0 Å². The minimum absolute atomic E-state index is 0.150. The number of aromatic nitrogens is 2. The van der Waals surface area contributed by atoms with Crippen LogP contribution < -0.4 is 10.1 Å². The Morgan fingerprint density at radius 3 is 2.96 bits per heavy atom. The van der Waals surface area contributed by atoms with Crippen LogP contribution in [0.5, 0.6) is 5.75 Å². The van der Waals surface area contributed by atoms with Gasteiger partial charge in [-0.15, -0.1) is 0 Å². The molecule has 2 heterocycles. The maximum atomic E-state index is 12.8. The summed E-state index contributed by atoms with van der Waals surface area (Å²) in [7, 11) is 1.62. The van der Waals surface area contributed by atoms with E-state index in [1.54, 1.807) is 7.11 Å². The van der Waals surface area contributed by atoms with Crippen molar-refractivity contribution in [2.45, 2.75) is 32.2 Å². The molecule has 1 N–H and O–H groups in total. The average Bonchev–Trinajstić information content (AvgIpc) is 3.43. The molecule has 128 valence electrons. The highest BCUT2D eigenvalue weighted by Crippen LogP contribution is 2.40. The Morgan fingerprint density at radius 1 is 1.36 bits per heavy atom. The lowest BCUT2D eigenvalue weighted by atomic mass is 10.1. The van der Waals surface area contributed by atoms with Gasteiger partial charge in [-0.1, -0.05) is 17.3 Å². The van der Waals surface area contributed by atoms with Crippen molar-refractivity contribution in [3.63, 3.8) is 0 Å². The van der Waals surface area contributed by atoms with E-state index in [4.69, 9.17) is 9.26 Å². The second-order valence-corrected chi connectivity index (χ2v) is 6.35. The first-order chi connectivity index (χ1) is 12.2. The molecule has 0 aliphatic heterocycles. The number of fused-ring (bicyclic) bond motifs is 1. The van der Waals surface area contributed by atoms with Crippen LogP contribution in [0.3, 0.4) is 0 Å². The molecular weight excluding hydrogens is 318 g/mol. The van der Waals surface area contributed by atoms with Crippen LogP contribution in [0.2, 0.25) is 0 Å². The molecule has 1 fully saturated rings. The number of ether oxygens (including phenoxy) is 1. The highest BCUT2D eigenvalue weighted by Gasteiger charge is 2.28. The molecule has 25 heavy (non-hydrogen) atoms. The van der Waals surface area contributed by atoms with E-state index in [1.165, 1.54) is 0 Å². The monoisotopic (exact) mass is 337 g/mol. The summed E-state index contributed by atoms with van der Waals surface area (Å²) >= 11 is 0. The summed E-state index contributed by atoms with van der Waals surface area (Å²) in [6.07, 6.45) is 2.22. The van der Waals surface area contributed by atoms with E-state index in [2.05, 4.69) is 15.5 Å². The lowest BCUT2D eigenvalue weighted by Gasteiger charge is -2.09. The number of hydrogen-bond acceptors (Lipinski definition) is 5. The van der Waals surface area contributed by atoms with Crippen molar-refractivity contribution in [1.29, 1.82) is 0 Å². The quantitative estimate of drug-likeness (QED) is 0.772. The van der Waals surface area contributed by atoms with E-state index in [1.807, 2.05) is 37.3 Å². The maximum Gasteiger partial charge on any atom is 0.259 e. The molecule has 0 atom stereocenters. The first-order valence-corrected chi connectivity index (χ1v) is 8.34. The lowest BCUT2D eigenvalue weighted by molar-refractivity contribution is 0.0952. The number of benzene rings is 1. The molecule has 1 aromatic carbocycles. The fourth-order valence-corrected chi connectivity index (χ4v) is 2.94. The van der Waals surface area contributed by atoms with Crippen molar-refractivity contribution in [3.8, 4) is 5.75 Å². The smallest absolute Gasteiger partial charge is 0.259 e. The van der Waals surface area contributed by atoms with Crippen molar-refractivity contribution >= 4 is 17.0 Å². The Bertz CT molecular complexity index is 944. The summed E-state index contributed by atoms with van der Waals surface area (Å²) in [5.41, 5.74) is 3.58. The van der Waals surface area contributed by atoms with Crippen LogP contribution in [0.25, 0.3) is 11.1 Å². The van der Waals surface area contributed by atoms with E-state index in [0.717, 1.165) is 29.8 Å². The summed E-state index contributed by atoms with van der Waals surface area (Å²) < 4.78 is 10.5. The van der Waals surface area contributed by atoms with Gasteiger partial charge in [0.25, 0.3) is 11.6 Å². The molecular formula is C19H19N3O3.